The zero-order valence-corrected chi connectivity index (χ0v) is 12.5. The van der Waals surface area contributed by atoms with Crippen LogP contribution in [0.1, 0.15) is 47.5 Å². The van der Waals surface area contributed by atoms with Gasteiger partial charge in [0.1, 0.15) is 10.7 Å². The summed E-state index contributed by atoms with van der Waals surface area (Å²) in [7, 11) is 0. The molecule has 19 heavy (non-hydrogen) atoms. The topological polar surface area (TPSA) is 42.9 Å². The van der Waals surface area contributed by atoms with Gasteiger partial charge in [0.25, 0.3) is 0 Å². The van der Waals surface area contributed by atoms with Crippen molar-refractivity contribution in [2.24, 2.45) is 0 Å². The SMILES string of the molecule is Cc1cccnc1C(=O)Cc1nc(C(C)(C)C)cs1. The summed E-state index contributed by atoms with van der Waals surface area (Å²) in [5.41, 5.74) is 2.53. The van der Waals surface area contributed by atoms with E-state index in [4.69, 9.17) is 0 Å². The van der Waals surface area contributed by atoms with Crippen LogP contribution in [0.2, 0.25) is 0 Å². The number of carbonyl (C=O) groups excluding carboxylic acids is 1. The average molecular weight is 274 g/mol. The average Bonchev–Trinajstić information content (AvgIpc) is 2.77. The zero-order chi connectivity index (χ0) is 14.0. The second kappa shape index (κ2) is 5.21. The van der Waals surface area contributed by atoms with Gasteiger partial charge in [-0.05, 0) is 18.6 Å². The van der Waals surface area contributed by atoms with Crippen molar-refractivity contribution in [2.75, 3.05) is 0 Å². The minimum atomic E-state index is 0.0265. The molecule has 0 saturated carbocycles. The number of nitrogens with zero attached hydrogens (tertiary/aromatic N) is 2. The van der Waals surface area contributed by atoms with Gasteiger partial charge < -0.3 is 0 Å². The molecule has 2 aromatic rings. The quantitative estimate of drug-likeness (QED) is 0.804. The number of Topliss-reactive ketones (excluding diaryl/α,β-unsaturated/α-hetero) is 1. The molecule has 2 aromatic heterocycles. The van der Waals surface area contributed by atoms with Crippen molar-refractivity contribution in [1.82, 2.24) is 9.97 Å². The van der Waals surface area contributed by atoms with E-state index in [0.717, 1.165) is 16.3 Å². The summed E-state index contributed by atoms with van der Waals surface area (Å²) in [5.74, 6) is 0.0351. The van der Waals surface area contributed by atoms with Gasteiger partial charge in [-0.3, -0.25) is 9.78 Å². The standard InChI is InChI=1S/C15H18N2OS/c1-10-6-5-7-16-14(10)11(18)8-13-17-12(9-19-13)15(2,3)4/h5-7,9H,8H2,1-4H3. The van der Waals surface area contributed by atoms with Crippen LogP contribution < -0.4 is 0 Å². The Morgan fingerprint density at radius 3 is 2.68 bits per heavy atom. The molecule has 0 spiro atoms. The number of aryl methyl sites for hydroxylation is 1. The fourth-order valence-electron chi connectivity index (χ4n) is 1.74. The van der Waals surface area contributed by atoms with Gasteiger partial charge in [-0.1, -0.05) is 26.8 Å². The molecule has 100 valence electrons. The van der Waals surface area contributed by atoms with Crippen LogP contribution in [0.4, 0.5) is 0 Å². The molecule has 0 aliphatic carbocycles. The minimum Gasteiger partial charge on any atom is -0.292 e. The number of thiazole rings is 1. The molecular formula is C15H18N2OS. The predicted octanol–water partition coefficient (Wildman–Crippen LogP) is 3.57. The second-order valence-electron chi connectivity index (χ2n) is 5.65. The van der Waals surface area contributed by atoms with Crippen molar-refractivity contribution in [3.05, 3.63) is 45.7 Å². The fourth-order valence-corrected chi connectivity index (χ4v) is 2.75. The van der Waals surface area contributed by atoms with E-state index >= 15 is 0 Å². The van der Waals surface area contributed by atoms with E-state index in [-0.39, 0.29) is 11.2 Å². The molecule has 0 unspecified atom stereocenters. The summed E-state index contributed by atoms with van der Waals surface area (Å²) in [6, 6.07) is 3.75. The van der Waals surface area contributed by atoms with Gasteiger partial charge >= 0.3 is 0 Å². The first-order chi connectivity index (χ1) is 8.88. The molecule has 0 aliphatic heterocycles. The van der Waals surface area contributed by atoms with Gasteiger partial charge in [0.05, 0.1) is 12.1 Å². The van der Waals surface area contributed by atoms with E-state index in [1.54, 1.807) is 17.5 Å². The molecule has 0 N–H and O–H groups in total. The highest BCUT2D eigenvalue weighted by atomic mass is 32.1. The van der Waals surface area contributed by atoms with Gasteiger partial charge in [0, 0.05) is 17.0 Å². The number of aromatic nitrogens is 2. The van der Waals surface area contributed by atoms with E-state index in [9.17, 15) is 4.79 Å². The third-order valence-corrected chi connectivity index (χ3v) is 3.75. The first-order valence-electron chi connectivity index (χ1n) is 6.27. The Kier molecular flexibility index (Phi) is 3.80. The second-order valence-corrected chi connectivity index (χ2v) is 6.59. The molecule has 2 heterocycles. The molecule has 0 saturated heterocycles. The molecule has 0 fully saturated rings. The molecule has 0 atom stereocenters. The largest absolute Gasteiger partial charge is 0.292 e. The van der Waals surface area contributed by atoms with Crippen LogP contribution in [-0.2, 0) is 11.8 Å². The summed E-state index contributed by atoms with van der Waals surface area (Å²) in [4.78, 5) is 20.9. The van der Waals surface area contributed by atoms with Gasteiger partial charge in [-0.2, -0.15) is 0 Å². The highest BCUT2D eigenvalue weighted by Crippen LogP contribution is 2.24. The van der Waals surface area contributed by atoms with Crippen molar-refractivity contribution in [1.29, 1.82) is 0 Å². The first kappa shape index (κ1) is 13.9. The predicted molar refractivity (Wildman–Crippen MR) is 77.8 cm³/mol. The Balaban J connectivity index is 2.16. The van der Waals surface area contributed by atoms with Crippen LogP contribution in [0.5, 0.6) is 0 Å². The van der Waals surface area contributed by atoms with Crippen LogP contribution in [0, 0.1) is 6.92 Å². The van der Waals surface area contributed by atoms with Gasteiger partial charge in [0.15, 0.2) is 5.78 Å². The van der Waals surface area contributed by atoms with Crippen LogP contribution in [0.3, 0.4) is 0 Å². The number of rotatable bonds is 3. The van der Waals surface area contributed by atoms with Gasteiger partial charge in [-0.25, -0.2) is 4.98 Å². The lowest BCUT2D eigenvalue weighted by Crippen LogP contribution is -2.12. The van der Waals surface area contributed by atoms with E-state index in [2.05, 4.69) is 30.7 Å². The van der Waals surface area contributed by atoms with Crippen molar-refractivity contribution < 1.29 is 4.79 Å². The maximum atomic E-state index is 12.2. The molecule has 0 aromatic carbocycles. The maximum absolute atomic E-state index is 12.2. The fraction of sp³-hybridized carbons (Fsp3) is 0.400. The molecule has 2 rings (SSSR count). The van der Waals surface area contributed by atoms with Gasteiger partial charge in [0.2, 0.25) is 0 Å². The zero-order valence-electron chi connectivity index (χ0n) is 11.7. The number of hydrogen-bond acceptors (Lipinski definition) is 4. The highest BCUT2D eigenvalue weighted by Gasteiger charge is 2.19. The monoisotopic (exact) mass is 274 g/mol. The minimum absolute atomic E-state index is 0.0265. The van der Waals surface area contributed by atoms with Crippen LogP contribution in [0.25, 0.3) is 0 Å². The van der Waals surface area contributed by atoms with Crippen molar-refractivity contribution in [2.45, 2.75) is 39.5 Å². The Morgan fingerprint density at radius 2 is 2.11 bits per heavy atom. The maximum Gasteiger partial charge on any atom is 0.188 e. The Bertz CT molecular complexity index is 596. The van der Waals surface area contributed by atoms with E-state index < -0.39 is 0 Å². The van der Waals surface area contributed by atoms with Crippen LogP contribution >= 0.6 is 11.3 Å². The number of ketones is 1. The van der Waals surface area contributed by atoms with E-state index in [1.807, 2.05) is 24.4 Å². The molecular weight excluding hydrogens is 256 g/mol. The Morgan fingerprint density at radius 1 is 1.37 bits per heavy atom. The van der Waals surface area contributed by atoms with E-state index in [1.165, 1.54) is 0 Å². The highest BCUT2D eigenvalue weighted by molar-refractivity contribution is 7.09. The Hall–Kier alpha value is -1.55. The third-order valence-electron chi connectivity index (χ3n) is 2.91. The molecule has 0 amide bonds. The van der Waals surface area contributed by atoms with Crippen molar-refractivity contribution >= 4 is 17.1 Å². The first-order valence-corrected chi connectivity index (χ1v) is 7.15. The molecule has 0 bridgehead atoms. The lowest BCUT2D eigenvalue weighted by Gasteiger charge is -2.14. The smallest absolute Gasteiger partial charge is 0.188 e. The summed E-state index contributed by atoms with van der Waals surface area (Å²) in [6.07, 6.45) is 1.99. The molecule has 4 heteroatoms. The summed E-state index contributed by atoms with van der Waals surface area (Å²) < 4.78 is 0. The van der Waals surface area contributed by atoms with Crippen LogP contribution in [0.15, 0.2) is 23.7 Å². The number of carbonyl (C=O) groups is 1. The summed E-state index contributed by atoms with van der Waals surface area (Å²) in [5, 5.41) is 2.90. The van der Waals surface area contributed by atoms with E-state index in [0.29, 0.717) is 12.1 Å². The number of hydrogen-bond donors (Lipinski definition) is 0. The molecule has 3 nitrogen and oxygen atoms in total. The van der Waals surface area contributed by atoms with Crippen molar-refractivity contribution in [3.8, 4) is 0 Å². The van der Waals surface area contributed by atoms with Crippen molar-refractivity contribution in [3.63, 3.8) is 0 Å². The van der Waals surface area contributed by atoms with Crippen LogP contribution in [-0.4, -0.2) is 15.8 Å². The molecule has 0 radical (unpaired) electrons. The van der Waals surface area contributed by atoms with Gasteiger partial charge in [-0.15, -0.1) is 11.3 Å². The normalized spacial score (nSPS) is 11.6. The lowest BCUT2D eigenvalue weighted by atomic mass is 9.93. The lowest BCUT2D eigenvalue weighted by molar-refractivity contribution is 0.0987. The summed E-state index contributed by atoms with van der Waals surface area (Å²) >= 11 is 1.55. The molecule has 0 aliphatic rings. The summed E-state index contributed by atoms with van der Waals surface area (Å²) in [6.45, 7) is 8.27. The third kappa shape index (κ3) is 3.26. The Labute approximate surface area is 117 Å². The number of pyridine rings is 1.